The molecule has 3 rings (SSSR count). The van der Waals surface area contributed by atoms with Gasteiger partial charge in [-0.25, -0.2) is 0 Å². The highest BCUT2D eigenvalue weighted by Crippen LogP contribution is 2.40. The zero-order valence-electron chi connectivity index (χ0n) is 15.2. The van der Waals surface area contributed by atoms with E-state index >= 15 is 0 Å². The molecule has 1 aliphatic carbocycles. The van der Waals surface area contributed by atoms with E-state index in [1.54, 1.807) is 0 Å². The van der Waals surface area contributed by atoms with Crippen molar-refractivity contribution in [2.75, 3.05) is 6.61 Å². The van der Waals surface area contributed by atoms with E-state index in [1.807, 2.05) is 24.3 Å². The maximum Gasteiger partial charge on any atom is 0.0717 e. The number of rotatable bonds is 8. The summed E-state index contributed by atoms with van der Waals surface area (Å²) in [4.78, 5) is 0. The molecule has 0 aromatic heterocycles. The van der Waals surface area contributed by atoms with Gasteiger partial charge in [-0.2, -0.15) is 0 Å². The quantitative estimate of drug-likeness (QED) is 0.745. The molecule has 4 atom stereocenters. The lowest BCUT2D eigenvalue weighted by Gasteiger charge is -2.29. The highest BCUT2D eigenvalue weighted by molar-refractivity contribution is 5.16. The predicted octanol–water partition coefficient (Wildman–Crippen LogP) is 4.86. The molecule has 0 saturated heterocycles. The molecule has 25 heavy (non-hydrogen) atoms. The van der Waals surface area contributed by atoms with Gasteiger partial charge in [0.2, 0.25) is 0 Å². The van der Waals surface area contributed by atoms with Gasteiger partial charge in [0.15, 0.2) is 0 Å². The van der Waals surface area contributed by atoms with E-state index in [-0.39, 0.29) is 6.10 Å². The van der Waals surface area contributed by atoms with Crippen LogP contribution in [0.2, 0.25) is 0 Å². The minimum atomic E-state index is -0.244. The predicted molar refractivity (Wildman–Crippen MR) is 102 cm³/mol. The Bertz CT molecular complexity index is 611. The third kappa shape index (κ3) is 5.17. The maximum atomic E-state index is 10.8. The fraction of sp³-hybridized carbons (Fsp3) is 0.478. The Morgan fingerprint density at radius 1 is 0.920 bits per heavy atom. The van der Waals surface area contributed by atoms with E-state index in [0.29, 0.717) is 24.4 Å². The minimum Gasteiger partial charge on any atom is -0.392 e. The third-order valence-corrected chi connectivity index (χ3v) is 5.63. The van der Waals surface area contributed by atoms with E-state index in [4.69, 9.17) is 4.74 Å². The second-order valence-corrected chi connectivity index (χ2v) is 7.49. The minimum absolute atomic E-state index is 0.244. The fourth-order valence-corrected chi connectivity index (χ4v) is 4.27. The topological polar surface area (TPSA) is 29.5 Å². The molecule has 0 aliphatic heterocycles. The van der Waals surface area contributed by atoms with Crippen LogP contribution < -0.4 is 0 Å². The first-order chi connectivity index (χ1) is 12.2. The Balaban J connectivity index is 1.49. The van der Waals surface area contributed by atoms with Gasteiger partial charge in [-0.3, -0.25) is 0 Å². The molecule has 2 aromatic rings. The normalized spacial score (nSPS) is 22.6. The molecule has 1 aliphatic rings. The Morgan fingerprint density at radius 2 is 1.52 bits per heavy atom. The van der Waals surface area contributed by atoms with Crippen molar-refractivity contribution in [1.29, 1.82) is 0 Å². The van der Waals surface area contributed by atoms with Crippen LogP contribution in [-0.2, 0) is 17.8 Å². The van der Waals surface area contributed by atoms with E-state index in [2.05, 4.69) is 43.3 Å². The van der Waals surface area contributed by atoms with Crippen molar-refractivity contribution in [3.63, 3.8) is 0 Å². The molecule has 134 valence electrons. The SMILES string of the molecule is C[C@@H](COCc1ccccc1)[C@H]1CCC[C@H]1[C@H](O)Cc1ccccc1. The molecule has 1 fully saturated rings. The van der Waals surface area contributed by atoms with Crippen LogP contribution >= 0.6 is 0 Å². The van der Waals surface area contributed by atoms with Crippen LogP contribution in [0.15, 0.2) is 60.7 Å². The number of aliphatic hydroxyl groups excluding tert-OH is 1. The largest absolute Gasteiger partial charge is 0.392 e. The van der Waals surface area contributed by atoms with Crippen LogP contribution in [0, 0.1) is 17.8 Å². The molecule has 0 bridgehead atoms. The van der Waals surface area contributed by atoms with E-state index in [9.17, 15) is 5.11 Å². The molecule has 0 heterocycles. The lowest BCUT2D eigenvalue weighted by atomic mass is 9.80. The first-order valence-electron chi connectivity index (χ1n) is 9.57. The zero-order chi connectivity index (χ0) is 17.5. The highest BCUT2D eigenvalue weighted by atomic mass is 16.5. The van der Waals surface area contributed by atoms with Crippen molar-refractivity contribution >= 4 is 0 Å². The zero-order valence-corrected chi connectivity index (χ0v) is 15.2. The molecule has 2 heteroatoms. The Labute approximate surface area is 151 Å². The summed E-state index contributed by atoms with van der Waals surface area (Å²) < 4.78 is 5.96. The van der Waals surface area contributed by atoms with Crippen LogP contribution in [0.4, 0.5) is 0 Å². The fourth-order valence-electron chi connectivity index (χ4n) is 4.27. The van der Waals surface area contributed by atoms with Crippen molar-refractivity contribution in [3.05, 3.63) is 71.8 Å². The van der Waals surface area contributed by atoms with Gasteiger partial charge in [0.25, 0.3) is 0 Å². The first-order valence-corrected chi connectivity index (χ1v) is 9.57. The van der Waals surface area contributed by atoms with Gasteiger partial charge in [-0.05, 0) is 48.1 Å². The molecular formula is C23H30O2. The van der Waals surface area contributed by atoms with Crippen LogP contribution in [-0.4, -0.2) is 17.8 Å². The highest BCUT2D eigenvalue weighted by Gasteiger charge is 2.35. The molecule has 1 saturated carbocycles. The summed E-state index contributed by atoms with van der Waals surface area (Å²) in [6.07, 6.45) is 4.10. The van der Waals surface area contributed by atoms with Crippen molar-refractivity contribution in [2.45, 2.75) is 45.3 Å². The van der Waals surface area contributed by atoms with Gasteiger partial charge >= 0.3 is 0 Å². The standard InChI is InChI=1S/C23H30O2/c1-18(16-25-17-20-11-6-3-7-12-20)21-13-8-14-22(21)23(24)15-19-9-4-2-5-10-19/h2-7,9-12,18,21-24H,8,13-17H2,1H3/t18-,21+,22+,23+/m0/s1. The van der Waals surface area contributed by atoms with Gasteiger partial charge in [-0.1, -0.05) is 74.0 Å². The Hall–Kier alpha value is -1.64. The lowest BCUT2D eigenvalue weighted by molar-refractivity contribution is 0.0293. The van der Waals surface area contributed by atoms with E-state index < -0.39 is 0 Å². The third-order valence-electron chi connectivity index (χ3n) is 5.63. The van der Waals surface area contributed by atoms with Gasteiger partial charge in [0.05, 0.1) is 12.7 Å². The molecule has 0 unspecified atom stereocenters. The number of aliphatic hydroxyl groups is 1. The smallest absolute Gasteiger partial charge is 0.0717 e. The van der Waals surface area contributed by atoms with Gasteiger partial charge < -0.3 is 9.84 Å². The van der Waals surface area contributed by atoms with Crippen molar-refractivity contribution in [2.24, 2.45) is 17.8 Å². The summed E-state index contributed by atoms with van der Waals surface area (Å²) in [6.45, 7) is 3.73. The molecular weight excluding hydrogens is 308 g/mol. The van der Waals surface area contributed by atoms with E-state index in [0.717, 1.165) is 19.4 Å². The molecule has 2 nitrogen and oxygen atoms in total. The maximum absolute atomic E-state index is 10.8. The van der Waals surface area contributed by atoms with Crippen LogP contribution in [0.1, 0.15) is 37.3 Å². The Morgan fingerprint density at radius 3 is 2.20 bits per heavy atom. The van der Waals surface area contributed by atoms with Crippen LogP contribution in [0.25, 0.3) is 0 Å². The monoisotopic (exact) mass is 338 g/mol. The molecule has 2 aromatic carbocycles. The average molecular weight is 338 g/mol. The molecule has 1 N–H and O–H groups in total. The Kier molecular flexibility index (Phi) is 6.66. The lowest BCUT2D eigenvalue weighted by Crippen LogP contribution is -2.31. The first kappa shape index (κ1) is 18.2. The van der Waals surface area contributed by atoms with Gasteiger partial charge in [0.1, 0.15) is 0 Å². The second kappa shape index (κ2) is 9.17. The second-order valence-electron chi connectivity index (χ2n) is 7.49. The molecule has 0 amide bonds. The molecule has 0 spiro atoms. The molecule has 0 radical (unpaired) electrons. The van der Waals surface area contributed by atoms with Crippen LogP contribution in [0.3, 0.4) is 0 Å². The number of benzene rings is 2. The van der Waals surface area contributed by atoms with Crippen molar-refractivity contribution in [1.82, 2.24) is 0 Å². The van der Waals surface area contributed by atoms with Gasteiger partial charge in [0, 0.05) is 6.61 Å². The average Bonchev–Trinajstić information content (AvgIpc) is 3.13. The summed E-state index contributed by atoms with van der Waals surface area (Å²) in [7, 11) is 0. The van der Waals surface area contributed by atoms with Crippen molar-refractivity contribution in [3.8, 4) is 0 Å². The van der Waals surface area contributed by atoms with E-state index in [1.165, 1.54) is 24.0 Å². The number of hydrogen-bond acceptors (Lipinski definition) is 2. The summed E-state index contributed by atoms with van der Waals surface area (Å²) in [5, 5.41) is 10.8. The van der Waals surface area contributed by atoms with Gasteiger partial charge in [-0.15, -0.1) is 0 Å². The number of ether oxygens (including phenoxy) is 1. The van der Waals surface area contributed by atoms with Crippen LogP contribution in [0.5, 0.6) is 0 Å². The number of hydrogen-bond donors (Lipinski definition) is 1. The van der Waals surface area contributed by atoms with Crippen molar-refractivity contribution < 1.29 is 9.84 Å². The summed E-state index contributed by atoms with van der Waals surface area (Å²) in [6, 6.07) is 20.7. The summed E-state index contributed by atoms with van der Waals surface area (Å²) in [5.41, 5.74) is 2.45. The summed E-state index contributed by atoms with van der Waals surface area (Å²) >= 11 is 0. The summed E-state index contributed by atoms with van der Waals surface area (Å²) in [5.74, 6) is 1.45.